The van der Waals surface area contributed by atoms with E-state index in [-0.39, 0.29) is 5.57 Å². The molecule has 15 heavy (non-hydrogen) atoms. The first-order chi connectivity index (χ1) is 6.95. The summed E-state index contributed by atoms with van der Waals surface area (Å²) in [6.07, 6.45) is -0.118. The molecule has 0 bridgehead atoms. The van der Waals surface area contributed by atoms with Crippen LogP contribution in [0.4, 0.5) is 13.2 Å². The lowest BCUT2D eigenvalue weighted by molar-refractivity contribution is -0.0609. The summed E-state index contributed by atoms with van der Waals surface area (Å²) in [6.45, 7) is 0.585. The minimum Gasteiger partial charge on any atom is -0.399 e. The van der Waals surface area contributed by atoms with E-state index in [0.29, 0.717) is 6.54 Å². The summed E-state index contributed by atoms with van der Waals surface area (Å²) >= 11 is 0. The summed E-state index contributed by atoms with van der Waals surface area (Å²) in [5.41, 5.74) is -1.02. The molecule has 0 aromatic heterocycles. The van der Waals surface area contributed by atoms with Gasteiger partial charge < -0.3 is 9.74 Å². The van der Waals surface area contributed by atoms with Crippen LogP contribution in [0.2, 0.25) is 0 Å². The van der Waals surface area contributed by atoms with Gasteiger partial charge in [0.2, 0.25) is 0 Å². The lowest BCUT2D eigenvalue weighted by Crippen LogP contribution is -2.27. The highest BCUT2D eigenvalue weighted by Crippen LogP contribution is 2.24. The van der Waals surface area contributed by atoms with Crippen molar-refractivity contribution in [2.24, 2.45) is 5.16 Å². The summed E-state index contributed by atoms with van der Waals surface area (Å²) < 4.78 is 37.5. The van der Waals surface area contributed by atoms with E-state index in [2.05, 4.69) is 9.99 Å². The molecule has 0 saturated carbocycles. The van der Waals surface area contributed by atoms with E-state index in [1.807, 2.05) is 0 Å². The van der Waals surface area contributed by atoms with Gasteiger partial charge in [0.05, 0.1) is 0 Å². The van der Waals surface area contributed by atoms with Crippen molar-refractivity contribution in [2.75, 3.05) is 20.7 Å². The van der Waals surface area contributed by atoms with Gasteiger partial charge in [-0.3, -0.25) is 0 Å². The average Bonchev–Trinajstić information content (AvgIpc) is 2.12. The van der Waals surface area contributed by atoms with Crippen LogP contribution in [-0.4, -0.2) is 37.5 Å². The summed E-state index contributed by atoms with van der Waals surface area (Å²) in [5.74, 6) is 0. The van der Waals surface area contributed by atoms with Crippen LogP contribution in [0.15, 0.2) is 29.1 Å². The van der Waals surface area contributed by atoms with Gasteiger partial charge >= 0.3 is 6.18 Å². The molecule has 1 rings (SSSR count). The molecule has 3 nitrogen and oxygen atoms in total. The maximum atomic E-state index is 12.5. The number of rotatable bonds is 2. The van der Waals surface area contributed by atoms with Crippen LogP contribution in [0.5, 0.6) is 0 Å². The Bertz CT molecular complexity index is 318. The monoisotopic (exact) mass is 220 g/mol. The third kappa shape index (κ3) is 3.00. The largest absolute Gasteiger partial charge is 0.437 e. The van der Waals surface area contributed by atoms with Crippen molar-refractivity contribution < 1.29 is 18.0 Å². The Morgan fingerprint density at radius 3 is 2.67 bits per heavy atom. The molecule has 0 spiro atoms. The highest BCUT2D eigenvalue weighted by molar-refractivity contribution is 6.06. The second kappa shape index (κ2) is 4.37. The molecule has 0 fully saturated rings. The molecule has 1 heterocycles. The van der Waals surface area contributed by atoms with Gasteiger partial charge in [-0.05, 0) is 0 Å². The van der Waals surface area contributed by atoms with E-state index in [4.69, 9.17) is 0 Å². The Morgan fingerprint density at radius 2 is 2.20 bits per heavy atom. The topological polar surface area (TPSA) is 24.8 Å². The molecular formula is C9H11F3N2O. The van der Waals surface area contributed by atoms with Gasteiger partial charge in [-0.25, -0.2) is 0 Å². The quantitative estimate of drug-likeness (QED) is 0.524. The second-order valence-electron chi connectivity index (χ2n) is 3.05. The van der Waals surface area contributed by atoms with Gasteiger partial charge in [0.15, 0.2) is 5.71 Å². The fraction of sp³-hybridized carbons (Fsp3) is 0.444. The summed E-state index contributed by atoms with van der Waals surface area (Å²) in [7, 11) is 2.77. The van der Waals surface area contributed by atoms with Gasteiger partial charge in [-0.1, -0.05) is 17.3 Å². The van der Waals surface area contributed by atoms with Crippen LogP contribution >= 0.6 is 0 Å². The molecule has 0 N–H and O–H groups in total. The Hall–Kier alpha value is -1.46. The first-order valence-corrected chi connectivity index (χ1v) is 4.22. The smallest absolute Gasteiger partial charge is 0.399 e. The van der Waals surface area contributed by atoms with Gasteiger partial charge in [0, 0.05) is 25.4 Å². The second-order valence-corrected chi connectivity index (χ2v) is 3.05. The Kier molecular flexibility index (Phi) is 3.39. The Balaban J connectivity index is 3.01. The summed E-state index contributed by atoms with van der Waals surface area (Å²) in [6, 6.07) is 0. The number of halogens is 3. The highest BCUT2D eigenvalue weighted by atomic mass is 19.4. The van der Waals surface area contributed by atoms with Crippen molar-refractivity contribution >= 4 is 5.71 Å². The first kappa shape index (κ1) is 11.6. The number of allylic oxidation sites excluding steroid dienone is 2. The van der Waals surface area contributed by atoms with E-state index in [1.165, 1.54) is 12.3 Å². The van der Waals surface area contributed by atoms with Crippen molar-refractivity contribution in [3.05, 3.63) is 23.9 Å². The number of hydrogen-bond donors (Lipinski definition) is 0. The van der Waals surface area contributed by atoms with E-state index in [0.717, 1.165) is 7.11 Å². The van der Waals surface area contributed by atoms with Crippen LogP contribution in [-0.2, 0) is 4.84 Å². The number of likely N-dealkylation sites (N-methyl/N-ethyl adjacent to an activating group) is 1. The Morgan fingerprint density at radius 1 is 1.53 bits per heavy atom. The van der Waals surface area contributed by atoms with Crippen LogP contribution in [0.3, 0.4) is 0 Å². The predicted octanol–water partition coefficient (Wildman–Crippen LogP) is 1.94. The molecule has 0 aromatic rings. The van der Waals surface area contributed by atoms with Crippen molar-refractivity contribution in [1.29, 1.82) is 0 Å². The molecule has 0 aromatic carbocycles. The molecule has 0 amide bonds. The van der Waals surface area contributed by atoms with Gasteiger partial charge in [0.1, 0.15) is 7.11 Å². The standard InChI is InChI=1S/C9H11F3N2O/c1-14-5-3-4-7(6-14)8(13-15-2)9(10,11)12/h3-4,6H,5H2,1-2H3. The van der Waals surface area contributed by atoms with Crippen LogP contribution < -0.4 is 0 Å². The molecule has 0 saturated heterocycles. The van der Waals surface area contributed by atoms with Crippen LogP contribution in [0, 0.1) is 0 Å². The molecule has 0 radical (unpaired) electrons. The van der Waals surface area contributed by atoms with E-state index in [1.54, 1.807) is 18.0 Å². The lowest BCUT2D eigenvalue weighted by atomic mass is 10.1. The van der Waals surface area contributed by atoms with Gasteiger partial charge in [0.25, 0.3) is 0 Å². The molecule has 6 heteroatoms. The zero-order chi connectivity index (χ0) is 11.5. The molecule has 0 atom stereocenters. The first-order valence-electron chi connectivity index (χ1n) is 4.22. The molecule has 84 valence electrons. The Labute approximate surface area is 85.5 Å². The molecule has 1 aliphatic heterocycles. The number of alkyl halides is 3. The van der Waals surface area contributed by atoms with Crippen molar-refractivity contribution in [3.63, 3.8) is 0 Å². The van der Waals surface area contributed by atoms with Crippen LogP contribution in [0.25, 0.3) is 0 Å². The van der Waals surface area contributed by atoms with Gasteiger partial charge in [-0.2, -0.15) is 13.2 Å². The van der Waals surface area contributed by atoms with E-state index < -0.39 is 11.9 Å². The zero-order valence-corrected chi connectivity index (χ0v) is 8.38. The fourth-order valence-electron chi connectivity index (χ4n) is 1.18. The fourth-order valence-corrected chi connectivity index (χ4v) is 1.18. The third-order valence-corrected chi connectivity index (χ3v) is 1.77. The van der Waals surface area contributed by atoms with E-state index in [9.17, 15) is 13.2 Å². The SMILES string of the molecule is CON=C(C1=CN(C)CC=C1)C(F)(F)F. The number of nitrogens with zero attached hydrogens (tertiary/aromatic N) is 2. The molecule has 0 aliphatic carbocycles. The summed E-state index contributed by atoms with van der Waals surface area (Å²) in [5, 5.41) is 3.00. The third-order valence-electron chi connectivity index (χ3n) is 1.77. The van der Waals surface area contributed by atoms with Crippen molar-refractivity contribution in [3.8, 4) is 0 Å². The van der Waals surface area contributed by atoms with Crippen molar-refractivity contribution in [2.45, 2.75) is 6.18 Å². The van der Waals surface area contributed by atoms with E-state index >= 15 is 0 Å². The zero-order valence-electron chi connectivity index (χ0n) is 8.38. The predicted molar refractivity (Wildman–Crippen MR) is 50.4 cm³/mol. The minimum absolute atomic E-state index is 0.00176. The molecular weight excluding hydrogens is 209 g/mol. The molecule has 0 unspecified atom stereocenters. The number of oxime groups is 1. The average molecular weight is 220 g/mol. The van der Waals surface area contributed by atoms with Gasteiger partial charge in [-0.15, -0.1) is 0 Å². The maximum Gasteiger partial charge on any atom is 0.437 e. The normalized spacial score (nSPS) is 17.8. The lowest BCUT2D eigenvalue weighted by Gasteiger charge is -2.19. The summed E-state index contributed by atoms with van der Waals surface area (Å²) in [4.78, 5) is 5.82. The number of hydrogen-bond acceptors (Lipinski definition) is 3. The maximum absolute atomic E-state index is 12.5. The minimum atomic E-state index is -4.51. The van der Waals surface area contributed by atoms with Crippen LogP contribution in [0.1, 0.15) is 0 Å². The highest BCUT2D eigenvalue weighted by Gasteiger charge is 2.38. The molecule has 1 aliphatic rings. The van der Waals surface area contributed by atoms with Crippen molar-refractivity contribution in [1.82, 2.24) is 4.90 Å².